The van der Waals surface area contributed by atoms with Crippen molar-refractivity contribution in [3.8, 4) is 0 Å². The van der Waals surface area contributed by atoms with Crippen molar-refractivity contribution in [3.05, 3.63) is 84.4 Å². The Balaban J connectivity index is 2.13. The van der Waals surface area contributed by atoms with Gasteiger partial charge in [-0.05, 0) is 18.1 Å². The summed E-state index contributed by atoms with van der Waals surface area (Å²) in [5.74, 6) is 0. The second-order valence-electron chi connectivity index (χ2n) is 4.79. The molecule has 0 spiro atoms. The number of hydrogen-bond donors (Lipinski definition) is 0. The molecule has 0 aliphatic rings. The fourth-order valence-corrected chi connectivity index (χ4v) is 2.29. The zero-order valence-corrected chi connectivity index (χ0v) is 11.5. The van der Waals surface area contributed by atoms with Crippen LogP contribution in [0.25, 0.3) is 0 Å². The van der Waals surface area contributed by atoms with E-state index < -0.39 is 0 Å². The Labute approximate surface area is 116 Å². The molecule has 2 aromatic rings. The molecular formula is C18H21N. The summed E-state index contributed by atoms with van der Waals surface area (Å²) in [5, 5.41) is 0. The molecule has 0 unspecified atom stereocenters. The SMILES string of the molecule is C=CCN(Cc1ccccc1)[C@@H](C)c1ccccc1. The standard InChI is InChI=1S/C18H21N/c1-3-14-19(15-17-10-6-4-7-11-17)16(2)18-12-8-5-9-13-18/h3-13,16H,1,14-15H2,2H3/t16-/m0/s1. The van der Waals surface area contributed by atoms with Crippen LogP contribution in [0.2, 0.25) is 0 Å². The molecule has 2 aromatic carbocycles. The lowest BCUT2D eigenvalue weighted by Crippen LogP contribution is -2.26. The lowest BCUT2D eigenvalue weighted by Gasteiger charge is -2.28. The van der Waals surface area contributed by atoms with Crippen molar-refractivity contribution in [2.24, 2.45) is 0 Å². The van der Waals surface area contributed by atoms with Gasteiger partial charge in [-0.1, -0.05) is 66.7 Å². The maximum absolute atomic E-state index is 3.88. The molecule has 0 saturated heterocycles. The number of nitrogens with zero attached hydrogens (tertiary/aromatic N) is 1. The Morgan fingerprint density at radius 2 is 1.58 bits per heavy atom. The third-order valence-corrected chi connectivity index (χ3v) is 3.42. The zero-order valence-electron chi connectivity index (χ0n) is 11.5. The molecule has 1 atom stereocenters. The van der Waals surface area contributed by atoms with Gasteiger partial charge in [0.1, 0.15) is 0 Å². The Hall–Kier alpha value is -1.86. The largest absolute Gasteiger partial charge is 0.289 e. The lowest BCUT2D eigenvalue weighted by molar-refractivity contribution is 0.225. The first kappa shape index (κ1) is 13.6. The molecular weight excluding hydrogens is 230 g/mol. The van der Waals surface area contributed by atoms with Crippen LogP contribution in [-0.2, 0) is 6.54 Å². The molecule has 0 heterocycles. The summed E-state index contributed by atoms with van der Waals surface area (Å²) in [6, 6.07) is 21.6. The Kier molecular flexibility index (Phi) is 4.93. The van der Waals surface area contributed by atoms with Crippen LogP contribution in [0.1, 0.15) is 24.1 Å². The predicted octanol–water partition coefficient (Wildman–Crippen LogP) is 4.44. The van der Waals surface area contributed by atoms with Crippen molar-refractivity contribution in [1.82, 2.24) is 4.90 Å². The fraction of sp³-hybridized carbons (Fsp3) is 0.222. The molecule has 0 amide bonds. The summed E-state index contributed by atoms with van der Waals surface area (Å²) >= 11 is 0. The summed E-state index contributed by atoms with van der Waals surface area (Å²) in [7, 11) is 0. The highest BCUT2D eigenvalue weighted by molar-refractivity contribution is 5.20. The van der Waals surface area contributed by atoms with Crippen molar-refractivity contribution in [1.29, 1.82) is 0 Å². The molecule has 0 radical (unpaired) electrons. The molecule has 0 bridgehead atoms. The fourth-order valence-electron chi connectivity index (χ4n) is 2.29. The molecule has 0 saturated carbocycles. The van der Waals surface area contributed by atoms with Crippen LogP contribution in [0.3, 0.4) is 0 Å². The highest BCUT2D eigenvalue weighted by Gasteiger charge is 2.14. The number of hydrogen-bond acceptors (Lipinski definition) is 1. The van der Waals surface area contributed by atoms with Gasteiger partial charge in [0.05, 0.1) is 0 Å². The Morgan fingerprint density at radius 1 is 1.00 bits per heavy atom. The van der Waals surface area contributed by atoms with Gasteiger partial charge in [-0.15, -0.1) is 6.58 Å². The second kappa shape index (κ2) is 6.91. The van der Waals surface area contributed by atoms with Crippen molar-refractivity contribution in [2.45, 2.75) is 19.5 Å². The summed E-state index contributed by atoms with van der Waals surface area (Å²) in [4.78, 5) is 2.43. The predicted molar refractivity (Wildman–Crippen MR) is 81.9 cm³/mol. The first-order valence-corrected chi connectivity index (χ1v) is 6.75. The van der Waals surface area contributed by atoms with Gasteiger partial charge in [-0.25, -0.2) is 0 Å². The van der Waals surface area contributed by atoms with Gasteiger partial charge < -0.3 is 0 Å². The molecule has 0 aromatic heterocycles. The van der Waals surface area contributed by atoms with E-state index in [1.165, 1.54) is 11.1 Å². The van der Waals surface area contributed by atoms with E-state index in [0.29, 0.717) is 6.04 Å². The van der Waals surface area contributed by atoms with E-state index in [-0.39, 0.29) is 0 Å². The monoisotopic (exact) mass is 251 g/mol. The normalized spacial score (nSPS) is 12.3. The van der Waals surface area contributed by atoms with Gasteiger partial charge in [0.15, 0.2) is 0 Å². The van der Waals surface area contributed by atoms with Gasteiger partial charge in [0.2, 0.25) is 0 Å². The molecule has 0 aliphatic carbocycles. The molecule has 0 aliphatic heterocycles. The Bertz CT molecular complexity index is 490. The van der Waals surface area contributed by atoms with E-state index in [4.69, 9.17) is 0 Å². The van der Waals surface area contributed by atoms with E-state index in [9.17, 15) is 0 Å². The van der Waals surface area contributed by atoms with Crippen LogP contribution in [0.4, 0.5) is 0 Å². The third-order valence-electron chi connectivity index (χ3n) is 3.42. The van der Waals surface area contributed by atoms with Gasteiger partial charge >= 0.3 is 0 Å². The van der Waals surface area contributed by atoms with Crippen molar-refractivity contribution < 1.29 is 0 Å². The zero-order chi connectivity index (χ0) is 13.5. The van der Waals surface area contributed by atoms with Crippen molar-refractivity contribution >= 4 is 0 Å². The van der Waals surface area contributed by atoms with Crippen LogP contribution < -0.4 is 0 Å². The Morgan fingerprint density at radius 3 is 2.16 bits per heavy atom. The summed E-state index contributed by atoms with van der Waals surface area (Å²) in [5.41, 5.74) is 2.69. The molecule has 98 valence electrons. The van der Waals surface area contributed by atoms with Crippen LogP contribution in [0.5, 0.6) is 0 Å². The quantitative estimate of drug-likeness (QED) is 0.686. The van der Waals surface area contributed by atoms with Gasteiger partial charge in [0, 0.05) is 19.1 Å². The highest BCUT2D eigenvalue weighted by atomic mass is 15.1. The minimum absolute atomic E-state index is 0.388. The second-order valence-corrected chi connectivity index (χ2v) is 4.79. The van der Waals surface area contributed by atoms with Crippen LogP contribution in [0, 0.1) is 0 Å². The van der Waals surface area contributed by atoms with Gasteiger partial charge in [-0.2, -0.15) is 0 Å². The average molecular weight is 251 g/mol. The van der Waals surface area contributed by atoms with Crippen molar-refractivity contribution in [2.75, 3.05) is 6.54 Å². The minimum atomic E-state index is 0.388. The van der Waals surface area contributed by atoms with Crippen molar-refractivity contribution in [3.63, 3.8) is 0 Å². The van der Waals surface area contributed by atoms with Crippen LogP contribution in [0.15, 0.2) is 73.3 Å². The maximum Gasteiger partial charge on any atom is 0.0326 e. The molecule has 2 rings (SSSR count). The van der Waals surface area contributed by atoms with Crippen LogP contribution in [-0.4, -0.2) is 11.4 Å². The first-order chi connectivity index (χ1) is 9.31. The highest BCUT2D eigenvalue weighted by Crippen LogP contribution is 2.21. The summed E-state index contributed by atoms with van der Waals surface area (Å²) in [6.07, 6.45) is 1.97. The minimum Gasteiger partial charge on any atom is -0.289 e. The van der Waals surface area contributed by atoms with E-state index in [1.54, 1.807) is 0 Å². The summed E-state index contributed by atoms with van der Waals surface area (Å²) < 4.78 is 0. The van der Waals surface area contributed by atoms with Crippen LogP contribution >= 0.6 is 0 Å². The molecule has 0 N–H and O–H groups in total. The number of benzene rings is 2. The van der Waals surface area contributed by atoms with E-state index in [1.807, 2.05) is 6.08 Å². The van der Waals surface area contributed by atoms with Gasteiger partial charge in [0.25, 0.3) is 0 Å². The smallest absolute Gasteiger partial charge is 0.0326 e. The molecule has 0 fully saturated rings. The maximum atomic E-state index is 3.88. The van der Waals surface area contributed by atoms with Gasteiger partial charge in [-0.3, -0.25) is 4.90 Å². The molecule has 1 nitrogen and oxygen atoms in total. The topological polar surface area (TPSA) is 3.24 Å². The average Bonchev–Trinajstić information content (AvgIpc) is 2.48. The first-order valence-electron chi connectivity index (χ1n) is 6.75. The molecule has 19 heavy (non-hydrogen) atoms. The van der Waals surface area contributed by atoms with E-state index in [0.717, 1.165) is 13.1 Å². The van der Waals surface area contributed by atoms with E-state index in [2.05, 4.69) is 79.1 Å². The third kappa shape index (κ3) is 3.80. The summed E-state index contributed by atoms with van der Waals surface area (Å²) in [6.45, 7) is 7.97. The lowest BCUT2D eigenvalue weighted by atomic mass is 10.1. The number of rotatable bonds is 6. The molecule has 1 heteroatoms. The van der Waals surface area contributed by atoms with E-state index >= 15 is 0 Å².